The van der Waals surface area contributed by atoms with Crippen molar-refractivity contribution in [3.63, 3.8) is 0 Å². The molecular weight excluding hydrogens is 356 g/mol. The van der Waals surface area contributed by atoms with Gasteiger partial charge in [-0.2, -0.15) is 10.1 Å². The zero-order chi connectivity index (χ0) is 19.9. The van der Waals surface area contributed by atoms with Crippen LogP contribution < -0.4 is 10.9 Å². The first-order valence-corrected chi connectivity index (χ1v) is 9.05. The molecule has 3 heterocycles. The molecule has 0 fully saturated rings. The summed E-state index contributed by atoms with van der Waals surface area (Å²) in [7, 11) is 0. The van der Waals surface area contributed by atoms with Crippen LogP contribution in [0.5, 0.6) is 0 Å². The van der Waals surface area contributed by atoms with Gasteiger partial charge in [0.2, 0.25) is 5.95 Å². The third-order valence-electron chi connectivity index (χ3n) is 4.40. The smallest absolute Gasteiger partial charge is 0.263 e. The SMILES string of the molecule is CC(Nc1nc2c(cnn2C(C)(C)C)c(=O)[nH]1)c1cn(-c2ccccc2)nn1. The van der Waals surface area contributed by atoms with Gasteiger partial charge < -0.3 is 5.32 Å². The van der Waals surface area contributed by atoms with Crippen molar-refractivity contribution in [2.75, 3.05) is 5.32 Å². The van der Waals surface area contributed by atoms with Crippen molar-refractivity contribution in [1.29, 1.82) is 0 Å². The van der Waals surface area contributed by atoms with Gasteiger partial charge in [0.15, 0.2) is 5.65 Å². The van der Waals surface area contributed by atoms with E-state index in [-0.39, 0.29) is 17.1 Å². The van der Waals surface area contributed by atoms with Gasteiger partial charge in [-0.1, -0.05) is 23.4 Å². The molecule has 3 aromatic heterocycles. The second-order valence-corrected chi connectivity index (χ2v) is 7.67. The highest BCUT2D eigenvalue weighted by atomic mass is 16.1. The van der Waals surface area contributed by atoms with E-state index in [1.807, 2.05) is 64.2 Å². The summed E-state index contributed by atoms with van der Waals surface area (Å²) in [5.74, 6) is 0.366. The van der Waals surface area contributed by atoms with E-state index < -0.39 is 0 Å². The molecule has 144 valence electrons. The van der Waals surface area contributed by atoms with Crippen LogP contribution in [0.2, 0.25) is 0 Å². The number of rotatable bonds is 4. The zero-order valence-electron chi connectivity index (χ0n) is 16.2. The number of benzene rings is 1. The maximum atomic E-state index is 12.4. The van der Waals surface area contributed by atoms with Crippen molar-refractivity contribution in [1.82, 2.24) is 34.7 Å². The number of nitrogens with one attached hydrogen (secondary N) is 2. The Bertz CT molecular complexity index is 1170. The van der Waals surface area contributed by atoms with Crippen LogP contribution in [-0.4, -0.2) is 34.7 Å². The number of H-pyrrole nitrogens is 1. The minimum absolute atomic E-state index is 0.205. The fourth-order valence-electron chi connectivity index (χ4n) is 2.94. The van der Waals surface area contributed by atoms with Gasteiger partial charge in [0, 0.05) is 0 Å². The Balaban J connectivity index is 1.63. The largest absolute Gasteiger partial charge is 0.347 e. The molecule has 0 aliphatic carbocycles. The number of aromatic amines is 1. The van der Waals surface area contributed by atoms with Crippen molar-refractivity contribution < 1.29 is 0 Å². The molecule has 1 unspecified atom stereocenters. The lowest BCUT2D eigenvalue weighted by Gasteiger charge is -2.20. The monoisotopic (exact) mass is 378 g/mol. The summed E-state index contributed by atoms with van der Waals surface area (Å²) < 4.78 is 3.46. The minimum Gasteiger partial charge on any atom is -0.347 e. The van der Waals surface area contributed by atoms with Gasteiger partial charge in [-0.3, -0.25) is 9.78 Å². The quantitative estimate of drug-likeness (QED) is 0.565. The molecule has 0 spiro atoms. The highest BCUT2D eigenvalue weighted by molar-refractivity contribution is 5.74. The number of fused-ring (bicyclic) bond motifs is 1. The number of hydrogen-bond donors (Lipinski definition) is 2. The Morgan fingerprint density at radius 1 is 1.18 bits per heavy atom. The Morgan fingerprint density at radius 2 is 1.93 bits per heavy atom. The van der Waals surface area contributed by atoms with Crippen LogP contribution in [0.4, 0.5) is 5.95 Å². The third-order valence-corrected chi connectivity index (χ3v) is 4.40. The lowest BCUT2D eigenvalue weighted by molar-refractivity contribution is 0.366. The van der Waals surface area contributed by atoms with Gasteiger partial charge in [-0.25, -0.2) is 9.36 Å². The third kappa shape index (κ3) is 3.26. The lowest BCUT2D eigenvalue weighted by atomic mass is 10.1. The Morgan fingerprint density at radius 3 is 2.64 bits per heavy atom. The predicted molar refractivity (Wildman–Crippen MR) is 107 cm³/mol. The second kappa shape index (κ2) is 6.59. The van der Waals surface area contributed by atoms with E-state index in [4.69, 9.17) is 0 Å². The molecule has 1 aromatic carbocycles. The van der Waals surface area contributed by atoms with Gasteiger partial charge in [-0.15, -0.1) is 5.10 Å². The highest BCUT2D eigenvalue weighted by Gasteiger charge is 2.20. The average molecular weight is 378 g/mol. The normalized spacial score (nSPS) is 13.0. The fourth-order valence-corrected chi connectivity index (χ4v) is 2.94. The molecule has 0 saturated carbocycles. The molecule has 0 radical (unpaired) electrons. The van der Waals surface area contributed by atoms with Crippen LogP contribution in [0.1, 0.15) is 39.4 Å². The summed E-state index contributed by atoms with van der Waals surface area (Å²) in [6, 6.07) is 9.55. The van der Waals surface area contributed by atoms with Crippen LogP contribution in [0.15, 0.2) is 47.5 Å². The highest BCUT2D eigenvalue weighted by Crippen LogP contribution is 2.20. The van der Waals surface area contributed by atoms with Crippen molar-refractivity contribution in [2.24, 2.45) is 0 Å². The first-order chi connectivity index (χ1) is 13.3. The zero-order valence-corrected chi connectivity index (χ0v) is 16.2. The van der Waals surface area contributed by atoms with Gasteiger partial charge in [0.25, 0.3) is 5.56 Å². The predicted octanol–water partition coefficient (Wildman–Crippen LogP) is 2.63. The van der Waals surface area contributed by atoms with E-state index >= 15 is 0 Å². The van der Waals surface area contributed by atoms with Crippen LogP contribution in [0.3, 0.4) is 0 Å². The van der Waals surface area contributed by atoms with E-state index in [0.29, 0.717) is 17.0 Å². The Kier molecular flexibility index (Phi) is 4.21. The maximum Gasteiger partial charge on any atom is 0.263 e. The maximum absolute atomic E-state index is 12.4. The number of anilines is 1. The van der Waals surface area contributed by atoms with E-state index in [1.54, 1.807) is 15.6 Å². The van der Waals surface area contributed by atoms with E-state index in [0.717, 1.165) is 11.4 Å². The number of nitrogens with zero attached hydrogens (tertiary/aromatic N) is 6. The molecule has 2 N–H and O–H groups in total. The summed E-state index contributed by atoms with van der Waals surface area (Å²) in [4.78, 5) is 19.8. The lowest BCUT2D eigenvalue weighted by Crippen LogP contribution is -2.24. The van der Waals surface area contributed by atoms with Gasteiger partial charge in [0.05, 0.1) is 29.7 Å². The molecule has 1 atom stereocenters. The molecule has 0 bridgehead atoms. The molecule has 0 amide bonds. The minimum atomic E-state index is -0.288. The Labute approximate surface area is 161 Å². The molecule has 28 heavy (non-hydrogen) atoms. The van der Waals surface area contributed by atoms with E-state index in [9.17, 15) is 4.79 Å². The molecule has 0 aliphatic heterocycles. The molecule has 9 heteroatoms. The number of para-hydroxylation sites is 1. The van der Waals surface area contributed by atoms with Crippen molar-refractivity contribution in [2.45, 2.75) is 39.3 Å². The first kappa shape index (κ1) is 17.9. The van der Waals surface area contributed by atoms with Crippen LogP contribution in [0.25, 0.3) is 16.7 Å². The fraction of sp³-hybridized carbons (Fsp3) is 0.316. The molecular formula is C19H22N8O. The molecule has 9 nitrogen and oxygen atoms in total. The van der Waals surface area contributed by atoms with Gasteiger partial charge >= 0.3 is 0 Å². The summed E-state index contributed by atoms with van der Waals surface area (Å²) in [6.07, 6.45) is 3.40. The van der Waals surface area contributed by atoms with Crippen molar-refractivity contribution in [3.8, 4) is 5.69 Å². The number of aromatic nitrogens is 7. The van der Waals surface area contributed by atoms with Gasteiger partial charge in [0.1, 0.15) is 11.1 Å². The van der Waals surface area contributed by atoms with Crippen LogP contribution in [-0.2, 0) is 5.54 Å². The summed E-state index contributed by atoms with van der Waals surface area (Å²) in [5.41, 5.74) is 1.68. The topological polar surface area (TPSA) is 106 Å². The van der Waals surface area contributed by atoms with Crippen LogP contribution in [0, 0.1) is 0 Å². The van der Waals surface area contributed by atoms with Crippen LogP contribution >= 0.6 is 0 Å². The van der Waals surface area contributed by atoms with E-state index in [2.05, 4.69) is 30.7 Å². The average Bonchev–Trinajstić information content (AvgIpc) is 3.29. The van der Waals surface area contributed by atoms with Crippen molar-refractivity contribution in [3.05, 3.63) is 58.8 Å². The Hall–Kier alpha value is -3.49. The molecule has 4 aromatic rings. The molecule has 0 saturated heterocycles. The van der Waals surface area contributed by atoms with Crippen molar-refractivity contribution >= 4 is 17.0 Å². The summed E-state index contributed by atoms with van der Waals surface area (Å²) in [5, 5.41) is 16.4. The first-order valence-electron chi connectivity index (χ1n) is 9.05. The van der Waals surface area contributed by atoms with E-state index in [1.165, 1.54) is 0 Å². The standard InChI is InChI=1S/C19H22N8O/c1-12(15-11-26(25-24-15)13-8-6-5-7-9-13)21-18-22-16-14(17(28)23-18)10-20-27(16)19(2,3)4/h5-12H,1-4H3,(H2,21,22,23,28). The second-order valence-electron chi connectivity index (χ2n) is 7.67. The molecule has 4 rings (SSSR count). The summed E-state index contributed by atoms with van der Waals surface area (Å²) >= 11 is 0. The molecule has 0 aliphatic rings. The van der Waals surface area contributed by atoms with Gasteiger partial charge in [-0.05, 0) is 39.8 Å². The number of hydrogen-bond acceptors (Lipinski definition) is 6. The summed E-state index contributed by atoms with van der Waals surface area (Å²) in [6.45, 7) is 7.98.